The lowest BCUT2D eigenvalue weighted by Crippen LogP contribution is -2.25. The second-order valence-corrected chi connectivity index (χ2v) is 6.37. The third-order valence-electron chi connectivity index (χ3n) is 2.81. The lowest BCUT2D eigenvalue weighted by Gasteiger charge is -2.13. The van der Waals surface area contributed by atoms with E-state index in [1.165, 1.54) is 4.31 Å². The number of nitrogens with two attached hydrogens (primary N) is 1. The van der Waals surface area contributed by atoms with Crippen molar-refractivity contribution in [3.8, 4) is 0 Å². The van der Waals surface area contributed by atoms with E-state index in [0.29, 0.717) is 18.9 Å². The Hall–Kier alpha value is -1.08. The maximum atomic E-state index is 11.8. The van der Waals surface area contributed by atoms with Gasteiger partial charge >= 0.3 is 0 Å². The number of hydrogen-bond donors (Lipinski definition) is 1. The summed E-state index contributed by atoms with van der Waals surface area (Å²) in [5.41, 5.74) is 6.55. The second kappa shape index (κ2) is 3.74. The molecule has 6 nitrogen and oxygen atoms in total. The van der Waals surface area contributed by atoms with Crippen molar-refractivity contribution in [3.05, 3.63) is 11.8 Å². The standard InChI is InChI=1S/C9H16N4O2S/c1-7-4-13(16(14,15)6-7)5-8-3-11-12(2)9(8)10/h3,7H,4-6,10H2,1-2H3. The van der Waals surface area contributed by atoms with Gasteiger partial charge in [0.1, 0.15) is 5.82 Å². The Morgan fingerprint density at radius 2 is 2.31 bits per heavy atom. The highest BCUT2D eigenvalue weighted by atomic mass is 32.2. The Morgan fingerprint density at radius 3 is 2.75 bits per heavy atom. The van der Waals surface area contributed by atoms with Gasteiger partial charge in [0.15, 0.2) is 0 Å². The molecule has 16 heavy (non-hydrogen) atoms. The van der Waals surface area contributed by atoms with Gasteiger partial charge in [-0.05, 0) is 5.92 Å². The molecule has 1 unspecified atom stereocenters. The summed E-state index contributed by atoms with van der Waals surface area (Å²) in [6.45, 7) is 2.83. The maximum Gasteiger partial charge on any atom is 0.214 e. The van der Waals surface area contributed by atoms with Crippen LogP contribution in [-0.2, 0) is 23.6 Å². The van der Waals surface area contributed by atoms with Crippen LogP contribution in [0, 0.1) is 5.92 Å². The van der Waals surface area contributed by atoms with Gasteiger partial charge in [-0.2, -0.15) is 9.40 Å². The van der Waals surface area contributed by atoms with Gasteiger partial charge < -0.3 is 5.73 Å². The van der Waals surface area contributed by atoms with Crippen molar-refractivity contribution < 1.29 is 8.42 Å². The van der Waals surface area contributed by atoms with E-state index in [9.17, 15) is 8.42 Å². The van der Waals surface area contributed by atoms with Crippen molar-refractivity contribution in [2.24, 2.45) is 13.0 Å². The molecule has 0 aromatic carbocycles. The van der Waals surface area contributed by atoms with E-state index in [-0.39, 0.29) is 11.7 Å². The van der Waals surface area contributed by atoms with Crippen LogP contribution >= 0.6 is 0 Å². The molecule has 1 saturated heterocycles. The van der Waals surface area contributed by atoms with Crippen molar-refractivity contribution >= 4 is 15.8 Å². The first-order valence-corrected chi connectivity index (χ1v) is 6.75. The van der Waals surface area contributed by atoms with Gasteiger partial charge in [-0.15, -0.1) is 0 Å². The number of hydrogen-bond acceptors (Lipinski definition) is 4. The summed E-state index contributed by atoms with van der Waals surface area (Å²) in [5, 5.41) is 4.00. The molecule has 0 radical (unpaired) electrons. The molecule has 2 N–H and O–H groups in total. The second-order valence-electron chi connectivity index (χ2n) is 4.35. The molecule has 2 rings (SSSR count). The highest BCUT2D eigenvalue weighted by Crippen LogP contribution is 2.23. The molecular weight excluding hydrogens is 228 g/mol. The Morgan fingerprint density at radius 1 is 1.62 bits per heavy atom. The van der Waals surface area contributed by atoms with Crippen LogP contribution in [0.25, 0.3) is 0 Å². The van der Waals surface area contributed by atoms with Crippen molar-refractivity contribution in [2.75, 3.05) is 18.0 Å². The van der Waals surface area contributed by atoms with Crippen LogP contribution in [0.15, 0.2) is 6.20 Å². The van der Waals surface area contributed by atoms with Gasteiger partial charge in [0.2, 0.25) is 10.0 Å². The summed E-state index contributed by atoms with van der Waals surface area (Å²) >= 11 is 0. The fourth-order valence-corrected chi connectivity index (χ4v) is 3.80. The van der Waals surface area contributed by atoms with Gasteiger partial charge in [0.05, 0.1) is 11.9 Å². The molecule has 0 spiro atoms. The van der Waals surface area contributed by atoms with Crippen LogP contribution in [0.4, 0.5) is 5.82 Å². The number of sulfonamides is 1. The number of nitrogens with zero attached hydrogens (tertiary/aromatic N) is 3. The largest absolute Gasteiger partial charge is 0.384 e. The highest BCUT2D eigenvalue weighted by Gasteiger charge is 2.33. The minimum Gasteiger partial charge on any atom is -0.384 e. The minimum atomic E-state index is -3.10. The summed E-state index contributed by atoms with van der Waals surface area (Å²) in [6.07, 6.45) is 1.62. The number of nitrogen functional groups attached to an aromatic ring is 1. The molecule has 0 amide bonds. The Balaban J connectivity index is 2.20. The summed E-state index contributed by atoms with van der Waals surface area (Å²) in [6, 6.07) is 0. The average Bonchev–Trinajstić information content (AvgIpc) is 2.60. The lowest BCUT2D eigenvalue weighted by atomic mass is 10.2. The summed E-state index contributed by atoms with van der Waals surface area (Å²) < 4.78 is 26.5. The molecule has 90 valence electrons. The van der Waals surface area contributed by atoms with Gasteiger partial charge in [0.25, 0.3) is 0 Å². The van der Waals surface area contributed by atoms with E-state index in [1.807, 2.05) is 6.92 Å². The van der Waals surface area contributed by atoms with Gasteiger partial charge in [-0.25, -0.2) is 8.42 Å². The zero-order valence-electron chi connectivity index (χ0n) is 9.42. The topological polar surface area (TPSA) is 81.2 Å². The Kier molecular flexibility index (Phi) is 2.67. The molecular formula is C9H16N4O2S. The van der Waals surface area contributed by atoms with E-state index in [2.05, 4.69) is 5.10 Å². The SMILES string of the molecule is CC1CN(Cc2cnn(C)c2N)S(=O)(=O)C1. The minimum absolute atomic E-state index is 0.183. The van der Waals surface area contributed by atoms with Crippen LogP contribution in [-0.4, -0.2) is 34.8 Å². The number of anilines is 1. The van der Waals surface area contributed by atoms with Gasteiger partial charge in [-0.1, -0.05) is 6.92 Å². The number of rotatable bonds is 2. The van der Waals surface area contributed by atoms with Crippen molar-refractivity contribution in [3.63, 3.8) is 0 Å². The van der Waals surface area contributed by atoms with Crippen molar-refractivity contribution in [1.29, 1.82) is 0 Å². The molecule has 0 aliphatic carbocycles. The van der Waals surface area contributed by atoms with E-state index < -0.39 is 10.0 Å². The first kappa shape index (κ1) is 11.4. The molecule has 1 aromatic heterocycles. The number of aromatic nitrogens is 2. The summed E-state index contributed by atoms with van der Waals surface area (Å²) in [4.78, 5) is 0. The van der Waals surface area contributed by atoms with Crippen LogP contribution in [0.2, 0.25) is 0 Å². The van der Waals surface area contributed by atoms with E-state index >= 15 is 0 Å². The maximum absolute atomic E-state index is 11.8. The quantitative estimate of drug-likeness (QED) is 0.780. The van der Waals surface area contributed by atoms with Crippen molar-refractivity contribution in [2.45, 2.75) is 13.5 Å². The van der Waals surface area contributed by atoms with E-state index in [4.69, 9.17) is 5.73 Å². The fourth-order valence-electron chi connectivity index (χ4n) is 1.95. The third-order valence-corrected chi connectivity index (χ3v) is 4.87. The molecule has 1 aliphatic heterocycles. The molecule has 1 fully saturated rings. The molecule has 1 aliphatic rings. The first-order valence-electron chi connectivity index (χ1n) is 5.14. The van der Waals surface area contributed by atoms with Crippen LogP contribution in [0.5, 0.6) is 0 Å². The van der Waals surface area contributed by atoms with E-state index in [0.717, 1.165) is 5.56 Å². The Labute approximate surface area is 95.1 Å². The molecule has 0 saturated carbocycles. The van der Waals surface area contributed by atoms with Crippen LogP contribution < -0.4 is 5.73 Å². The number of aryl methyl sites for hydroxylation is 1. The lowest BCUT2D eigenvalue weighted by molar-refractivity contribution is 0.409. The van der Waals surface area contributed by atoms with Crippen LogP contribution in [0.3, 0.4) is 0 Å². The van der Waals surface area contributed by atoms with E-state index in [1.54, 1.807) is 17.9 Å². The molecule has 1 aromatic rings. The van der Waals surface area contributed by atoms with Gasteiger partial charge in [0, 0.05) is 25.7 Å². The van der Waals surface area contributed by atoms with Crippen LogP contribution in [0.1, 0.15) is 12.5 Å². The molecule has 1 atom stereocenters. The predicted molar refractivity (Wildman–Crippen MR) is 61.0 cm³/mol. The zero-order valence-corrected chi connectivity index (χ0v) is 10.2. The summed E-state index contributed by atoms with van der Waals surface area (Å²) in [7, 11) is -1.37. The summed E-state index contributed by atoms with van der Waals surface area (Å²) in [5.74, 6) is 0.935. The Bertz CT molecular complexity index is 494. The average molecular weight is 244 g/mol. The smallest absolute Gasteiger partial charge is 0.214 e. The third kappa shape index (κ3) is 1.92. The predicted octanol–water partition coefficient (Wildman–Crippen LogP) is -0.216. The normalized spacial score (nSPS) is 25.0. The first-order chi connectivity index (χ1) is 7.40. The molecule has 2 heterocycles. The fraction of sp³-hybridized carbons (Fsp3) is 0.667. The molecule has 0 bridgehead atoms. The molecule has 7 heteroatoms. The zero-order chi connectivity index (χ0) is 11.9. The van der Waals surface area contributed by atoms with Crippen molar-refractivity contribution in [1.82, 2.24) is 14.1 Å². The highest BCUT2D eigenvalue weighted by molar-refractivity contribution is 7.89. The monoisotopic (exact) mass is 244 g/mol. The van der Waals surface area contributed by atoms with Gasteiger partial charge in [-0.3, -0.25) is 4.68 Å².